The number of nitrogens with zero attached hydrogens (tertiary/aromatic N) is 2. The van der Waals surface area contributed by atoms with Crippen LogP contribution in [0.2, 0.25) is 0 Å². The van der Waals surface area contributed by atoms with E-state index in [0.29, 0.717) is 12.4 Å². The fraction of sp³-hybridized carbons (Fsp3) is 0.125. The maximum Gasteiger partial charge on any atom is 0.356 e. The Bertz CT molecular complexity index is 325. The van der Waals surface area contributed by atoms with Gasteiger partial charge in [-0.2, -0.15) is 0 Å². The number of hydrogen-bond donors (Lipinski definition) is 2. The van der Waals surface area contributed by atoms with Crippen LogP contribution in [0.1, 0.15) is 10.5 Å². The van der Waals surface area contributed by atoms with Gasteiger partial charge in [0.2, 0.25) is 0 Å². The summed E-state index contributed by atoms with van der Waals surface area (Å²) in [6.45, 7) is 4.03. The summed E-state index contributed by atoms with van der Waals surface area (Å²) in [6, 6.07) is 0. The van der Waals surface area contributed by atoms with Crippen LogP contribution in [-0.2, 0) is 0 Å². The Kier molecular flexibility index (Phi) is 2.97. The first-order chi connectivity index (χ1) is 6.24. The molecular weight excluding hydrogens is 170 g/mol. The van der Waals surface area contributed by atoms with Gasteiger partial charge in [-0.25, -0.2) is 9.78 Å². The molecule has 0 aromatic carbocycles. The average Bonchev–Trinajstić information content (AvgIpc) is 2.15. The molecule has 0 aliphatic heterocycles. The Morgan fingerprint density at radius 3 is 3.08 bits per heavy atom. The van der Waals surface area contributed by atoms with Crippen molar-refractivity contribution in [3.05, 3.63) is 30.7 Å². The van der Waals surface area contributed by atoms with Crippen LogP contribution in [0.3, 0.4) is 0 Å². The molecule has 5 nitrogen and oxygen atoms in total. The summed E-state index contributed by atoms with van der Waals surface area (Å²) in [7, 11) is 0. The first-order valence-electron chi connectivity index (χ1n) is 3.64. The summed E-state index contributed by atoms with van der Waals surface area (Å²) in [5.41, 5.74) is -0.0749. The van der Waals surface area contributed by atoms with Crippen LogP contribution in [0.4, 0.5) is 5.82 Å². The summed E-state index contributed by atoms with van der Waals surface area (Å²) in [5.74, 6) is -0.658. The van der Waals surface area contributed by atoms with Crippen LogP contribution in [0, 0.1) is 0 Å². The molecule has 0 saturated heterocycles. The number of carbonyl (C=O) groups is 1. The van der Waals surface area contributed by atoms with Gasteiger partial charge in [-0.1, -0.05) is 6.08 Å². The lowest BCUT2D eigenvalue weighted by Crippen LogP contribution is -2.06. The zero-order chi connectivity index (χ0) is 9.68. The molecule has 0 bridgehead atoms. The average molecular weight is 179 g/mol. The molecule has 1 aromatic heterocycles. The largest absolute Gasteiger partial charge is 0.476 e. The van der Waals surface area contributed by atoms with Crippen LogP contribution in [0.25, 0.3) is 0 Å². The number of rotatable bonds is 4. The molecule has 0 unspecified atom stereocenters. The van der Waals surface area contributed by atoms with Gasteiger partial charge < -0.3 is 10.4 Å². The van der Waals surface area contributed by atoms with Crippen molar-refractivity contribution in [3.63, 3.8) is 0 Å². The highest BCUT2D eigenvalue weighted by Crippen LogP contribution is 2.01. The second kappa shape index (κ2) is 4.20. The number of aromatic carboxylic acids is 1. The highest BCUT2D eigenvalue weighted by molar-refractivity contribution is 5.85. The molecule has 2 N–H and O–H groups in total. The summed E-state index contributed by atoms with van der Waals surface area (Å²) in [4.78, 5) is 18.0. The molecule has 0 aliphatic rings. The van der Waals surface area contributed by atoms with Crippen LogP contribution < -0.4 is 5.32 Å². The number of anilines is 1. The number of hydrogen-bond acceptors (Lipinski definition) is 4. The highest BCUT2D eigenvalue weighted by Gasteiger charge is 2.04. The summed E-state index contributed by atoms with van der Waals surface area (Å²) < 4.78 is 0. The second-order valence-corrected chi connectivity index (χ2v) is 2.26. The molecule has 0 amide bonds. The molecule has 13 heavy (non-hydrogen) atoms. The highest BCUT2D eigenvalue weighted by atomic mass is 16.4. The number of carboxylic acids is 1. The molecule has 1 heterocycles. The Hall–Kier alpha value is -1.91. The summed E-state index contributed by atoms with van der Waals surface area (Å²) in [5, 5.41) is 11.4. The molecule has 0 aliphatic carbocycles. The molecule has 68 valence electrons. The van der Waals surface area contributed by atoms with Crippen molar-refractivity contribution in [2.75, 3.05) is 11.9 Å². The Morgan fingerprint density at radius 2 is 2.46 bits per heavy atom. The SMILES string of the molecule is C=CCNc1cncc(C(=O)O)n1. The van der Waals surface area contributed by atoms with Gasteiger partial charge in [-0.05, 0) is 0 Å². The fourth-order valence-electron chi connectivity index (χ4n) is 0.731. The Morgan fingerprint density at radius 1 is 1.69 bits per heavy atom. The predicted molar refractivity (Wildman–Crippen MR) is 47.7 cm³/mol. The quantitative estimate of drug-likeness (QED) is 0.668. The van der Waals surface area contributed by atoms with Gasteiger partial charge >= 0.3 is 5.97 Å². The zero-order valence-corrected chi connectivity index (χ0v) is 6.90. The van der Waals surface area contributed by atoms with E-state index in [0.717, 1.165) is 0 Å². The molecular formula is C8H9N3O2. The van der Waals surface area contributed by atoms with Crippen molar-refractivity contribution in [3.8, 4) is 0 Å². The number of carboxylic acid groups (broad SMARTS) is 1. The number of nitrogens with one attached hydrogen (secondary N) is 1. The van der Waals surface area contributed by atoms with E-state index in [1.54, 1.807) is 6.08 Å². The molecule has 1 aromatic rings. The molecule has 0 fully saturated rings. The minimum absolute atomic E-state index is 0.0749. The number of aromatic nitrogens is 2. The van der Waals surface area contributed by atoms with Gasteiger partial charge in [-0.15, -0.1) is 6.58 Å². The van der Waals surface area contributed by atoms with E-state index in [1.807, 2.05) is 0 Å². The minimum Gasteiger partial charge on any atom is -0.476 e. The summed E-state index contributed by atoms with van der Waals surface area (Å²) >= 11 is 0. The first kappa shape index (κ1) is 9.18. The predicted octanol–water partition coefficient (Wildman–Crippen LogP) is 0.773. The van der Waals surface area contributed by atoms with Crippen molar-refractivity contribution in [1.82, 2.24) is 9.97 Å². The fourth-order valence-corrected chi connectivity index (χ4v) is 0.731. The van der Waals surface area contributed by atoms with Crippen LogP contribution in [0.5, 0.6) is 0 Å². The molecule has 5 heteroatoms. The maximum atomic E-state index is 10.5. The third kappa shape index (κ3) is 2.55. The van der Waals surface area contributed by atoms with E-state index in [1.165, 1.54) is 12.4 Å². The normalized spacial score (nSPS) is 9.23. The Labute approximate surface area is 75.1 Å². The van der Waals surface area contributed by atoms with Gasteiger partial charge in [-0.3, -0.25) is 4.98 Å². The molecule has 1 rings (SSSR count). The second-order valence-electron chi connectivity index (χ2n) is 2.26. The van der Waals surface area contributed by atoms with E-state index in [2.05, 4.69) is 21.9 Å². The van der Waals surface area contributed by atoms with Gasteiger partial charge in [0.1, 0.15) is 5.82 Å². The lowest BCUT2D eigenvalue weighted by atomic mass is 10.4. The van der Waals surface area contributed by atoms with Crippen LogP contribution in [0.15, 0.2) is 25.0 Å². The van der Waals surface area contributed by atoms with Crippen molar-refractivity contribution in [2.45, 2.75) is 0 Å². The van der Waals surface area contributed by atoms with Crippen molar-refractivity contribution in [1.29, 1.82) is 0 Å². The standard InChI is InChI=1S/C8H9N3O2/c1-2-3-10-7-5-9-4-6(11-7)8(12)13/h2,4-5H,1,3H2,(H,10,11)(H,12,13). The lowest BCUT2D eigenvalue weighted by Gasteiger charge is -2.01. The van der Waals surface area contributed by atoms with E-state index in [-0.39, 0.29) is 5.69 Å². The third-order valence-corrected chi connectivity index (χ3v) is 1.28. The zero-order valence-electron chi connectivity index (χ0n) is 6.90. The van der Waals surface area contributed by atoms with E-state index in [4.69, 9.17) is 5.11 Å². The molecule has 0 atom stereocenters. The lowest BCUT2D eigenvalue weighted by molar-refractivity contribution is 0.0690. The van der Waals surface area contributed by atoms with Crippen molar-refractivity contribution >= 4 is 11.8 Å². The van der Waals surface area contributed by atoms with Crippen molar-refractivity contribution < 1.29 is 9.90 Å². The van der Waals surface area contributed by atoms with Crippen LogP contribution >= 0.6 is 0 Å². The topological polar surface area (TPSA) is 75.1 Å². The van der Waals surface area contributed by atoms with E-state index in [9.17, 15) is 4.79 Å². The van der Waals surface area contributed by atoms with E-state index >= 15 is 0 Å². The smallest absolute Gasteiger partial charge is 0.356 e. The van der Waals surface area contributed by atoms with Gasteiger partial charge in [0.05, 0.1) is 12.4 Å². The van der Waals surface area contributed by atoms with Gasteiger partial charge in [0.15, 0.2) is 5.69 Å². The molecule has 0 saturated carbocycles. The van der Waals surface area contributed by atoms with Gasteiger partial charge in [0, 0.05) is 6.54 Å². The van der Waals surface area contributed by atoms with Crippen molar-refractivity contribution in [2.24, 2.45) is 0 Å². The Balaban J connectivity index is 2.79. The minimum atomic E-state index is -1.09. The third-order valence-electron chi connectivity index (χ3n) is 1.28. The molecule has 0 spiro atoms. The first-order valence-corrected chi connectivity index (χ1v) is 3.64. The van der Waals surface area contributed by atoms with Gasteiger partial charge in [0.25, 0.3) is 0 Å². The molecule has 0 radical (unpaired) electrons. The summed E-state index contributed by atoms with van der Waals surface area (Å²) in [6.07, 6.45) is 4.30. The van der Waals surface area contributed by atoms with Crippen LogP contribution in [-0.4, -0.2) is 27.6 Å². The maximum absolute atomic E-state index is 10.5. The monoisotopic (exact) mass is 179 g/mol. The van der Waals surface area contributed by atoms with E-state index < -0.39 is 5.97 Å².